The van der Waals surface area contributed by atoms with Gasteiger partial charge in [-0.05, 0) is 18.9 Å². The molecule has 96 valence electrons. The Hall–Kier alpha value is -0.960. The van der Waals surface area contributed by atoms with Crippen LogP contribution in [0.25, 0.3) is 0 Å². The molecule has 4 heteroatoms. The Morgan fingerprint density at radius 2 is 1.94 bits per heavy atom. The molecule has 1 aromatic rings. The second-order valence-electron chi connectivity index (χ2n) is 4.36. The Morgan fingerprint density at radius 1 is 1.35 bits per heavy atom. The highest BCUT2D eigenvalue weighted by molar-refractivity contribution is 6.31. The zero-order valence-corrected chi connectivity index (χ0v) is 11.3. The van der Waals surface area contributed by atoms with Crippen LogP contribution in [0.4, 0.5) is 15.8 Å². The molecule has 0 spiro atoms. The summed E-state index contributed by atoms with van der Waals surface area (Å²) in [5, 5.41) is 3.32. The third-order valence-corrected chi connectivity index (χ3v) is 3.52. The van der Waals surface area contributed by atoms with E-state index in [9.17, 15) is 4.39 Å². The first-order valence-electron chi connectivity index (χ1n) is 6.00. The van der Waals surface area contributed by atoms with E-state index in [1.165, 1.54) is 12.1 Å². The topological polar surface area (TPSA) is 38.0 Å². The van der Waals surface area contributed by atoms with Crippen molar-refractivity contribution in [3.63, 3.8) is 0 Å². The number of halogens is 2. The van der Waals surface area contributed by atoms with Crippen molar-refractivity contribution in [3.8, 4) is 0 Å². The average Bonchev–Trinajstić information content (AvgIpc) is 2.27. The molecule has 0 aliphatic carbocycles. The number of hydrogen-bond donors (Lipinski definition) is 2. The lowest BCUT2D eigenvalue weighted by Crippen LogP contribution is -2.25. The molecule has 1 atom stereocenters. The summed E-state index contributed by atoms with van der Waals surface area (Å²) in [6, 6.07) is 3.06. The number of anilines is 2. The minimum absolute atomic E-state index is 0.0586. The molecule has 0 amide bonds. The molecule has 0 saturated carbocycles. The first-order valence-corrected chi connectivity index (χ1v) is 6.38. The van der Waals surface area contributed by atoms with Gasteiger partial charge in [-0.15, -0.1) is 0 Å². The van der Waals surface area contributed by atoms with E-state index in [1.807, 2.05) is 0 Å². The van der Waals surface area contributed by atoms with Crippen LogP contribution in [-0.2, 0) is 0 Å². The van der Waals surface area contributed by atoms with E-state index < -0.39 is 5.82 Å². The third-order valence-electron chi connectivity index (χ3n) is 3.23. The zero-order chi connectivity index (χ0) is 13.0. The second-order valence-corrected chi connectivity index (χ2v) is 4.77. The second kappa shape index (κ2) is 6.10. The fraction of sp³-hybridized carbons (Fsp3) is 0.538. The molecule has 1 aromatic carbocycles. The summed E-state index contributed by atoms with van der Waals surface area (Å²) in [6.45, 7) is 6.39. The van der Waals surface area contributed by atoms with E-state index in [4.69, 9.17) is 17.3 Å². The van der Waals surface area contributed by atoms with Crippen LogP contribution < -0.4 is 11.1 Å². The highest BCUT2D eigenvalue weighted by Crippen LogP contribution is 2.28. The SMILES string of the molecule is CCC(CC)C(C)Nc1cc(F)c(Cl)cc1N. The van der Waals surface area contributed by atoms with Crippen LogP contribution in [0.2, 0.25) is 5.02 Å². The number of rotatable bonds is 5. The molecule has 0 heterocycles. The van der Waals surface area contributed by atoms with Crippen LogP contribution in [0.1, 0.15) is 33.6 Å². The Bertz CT molecular complexity index is 378. The van der Waals surface area contributed by atoms with Crippen LogP contribution in [0.5, 0.6) is 0 Å². The standard InChI is InChI=1S/C13H20ClFN2/c1-4-9(5-2)8(3)17-13-7-11(15)10(14)6-12(13)16/h6-9,17H,4-5,16H2,1-3H3. The molecule has 0 aromatic heterocycles. The Balaban J connectivity index is 2.84. The molecule has 3 N–H and O–H groups in total. The van der Waals surface area contributed by atoms with Crippen molar-refractivity contribution in [1.29, 1.82) is 0 Å². The summed E-state index contributed by atoms with van der Waals surface area (Å²) < 4.78 is 13.3. The molecule has 0 radical (unpaired) electrons. The van der Waals surface area contributed by atoms with Gasteiger partial charge in [0.2, 0.25) is 0 Å². The molecule has 0 aliphatic rings. The van der Waals surface area contributed by atoms with Gasteiger partial charge in [0, 0.05) is 12.1 Å². The van der Waals surface area contributed by atoms with Gasteiger partial charge >= 0.3 is 0 Å². The van der Waals surface area contributed by atoms with E-state index >= 15 is 0 Å². The first kappa shape index (κ1) is 14.1. The average molecular weight is 259 g/mol. The van der Waals surface area contributed by atoms with Gasteiger partial charge in [-0.2, -0.15) is 0 Å². The Labute approximate surface area is 107 Å². The van der Waals surface area contributed by atoms with Gasteiger partial charge in [-0.1, -0.05) is 38.3 Å². The molecule has 2 nitrogen and oxygen atoms in total. The minimum Gasteiger partial charge on any atom is -0.397 e. The molecule has 0 fully saturated rings. The van der Waals surface area contributed by atoms with Gasteiger partial charge < -0.3 is 11.1 Å². The lowest BCUT2D eigenvalue weighted by molar-refractivity contribution is 0.438. The van der Waals surface area contributed by atoms with Crippen molar-refractivity contribution in [2.24, 2.45) is 5.92 Å². The zero-order valence-electron chi connectivity index (χ0n) is 10.6. The van der Waals surface area contributed by atoms with Gasteiger partial charge in [-0.3, -0.25) is 0 Å². The van der Waals surface area contributed by atoms with Crippen LogP contribution >= 0.6 is 11.6 Å². The fourth-order valence-corrected chi connectivity index (χ4v) is 2.22. The molecular formula is C13H20ClFN2. The number of nitrogen functional groups attached to an aromatic ring is 1. The summed E-state index contributed by atoms with van der Waals surface area (Å²) >= 11 is 5.66. The number of benzene rings is 1. The van der Waals surface area contributed by atoms with E-state index in [2.05, 4.69) is 26.1 Å². The highest BCUT2D eigenvalue weighted by atomic mass is 35.5. The fourth-order valence-electron chi connectivity index (χ4n) is 2.05. The van der Waals surface area contributed by atoms with E-state index in [0.29, 0.717) is 17.3 Å². The predicted molar refractivity (Wildman–Crippen MR) is 73.0 cm³/mol. The van der Waals surface area contributed by atoms with Gasteiger partial charge in [0.15, 0.2) is 0 Å². The third kappa shape index (κ3) is 3.50. The van der Waals surface area contributed by atoms with Crippen molar-refractivity contribution in [1.82, 2.24) is 0 Å². The molecule has 17 heavy (non-hydrogen) atoms. The van der Waals surface area contributed by atoms with Crippen LogP contribution in [-0.4, -0.2) is 6.04 Å². The molecule has 1 unspecified atom stereocenters. The van der Waals surface area contributed by atoms with Crippen molar-refractivity contribution in [2.75, 3.05) is 11.1 Å². The monoisotopic (exact) mass is 258 g/mol. The smallest absolute Gasteiger partial charge is 0.143 e. The van der Waals surface area contributed by atoms with Crippen molar-refractivity contribution in [3.05, 3.63) is 23.0 Å². The van der Waals surface area contributed by atoms with Gasteiger partial charge in [0.25, 0.3) is 0 Å². The lowest BCUT2D eigenvalue weighted by Gasteiger charge is -2.24. The summed E-state index contributed by atoms with van der Waals surface area (Å²) in [5.74, 6) is 0.105. The molecule has 1 rings (SSSR count). The maximum absolute atomic E-state index is 13.3. The summed E-state index contributed by atoms with van der Waals surface area (Å²) in [5.41, 5.74) is 6.91. The molecule has 0 bridgehead atoms. The summed E-state index contributed by atoms with van der Waals surface area (Å²) in [7, 11) is 0. The van der Waals surface area contributed by atoms with E-state index in [1.54, 1.807) is 0 Å². The molecular weight excluding hydrogens is 239 g/mol. The van der Waals surface area contributed by atoms with Crippen LogP contribution in [0, 0.1) is 11.7 Å². The maximum Gasteiger partial charge on any atom is 0.143 e. The maximum atomic E-state index is 13.3. The largest absolute Gasteiger partial charge is 0.397 e. The highest BCUT2D eigenvalue weighted by Gasteiger charge is 2.15. The summed E-state index contributed by atoms with van der Waals surface area (Å²) in [6.07, 6.45) is 2.17. The normalized spacial score (nSPS) is 12.8. The van der Waals surface area contributed by atoms with Gasteiger partial charge in [0.1, 0.15) is 5.82 Å². The Kier molecular flexibility index (Phi) is 5.06. The van der Waals surface area contributed by atoms with Crippen molar-refractivity contribution < 1.29 is 4.39 Å². The van der Waals surface area contributed by atoms with E-state index in [-0.39, 0.29) is 11.1 Å². The number of nitrogens with two attached hydrogens (primary N) is 1. The quantitative estimate of drug-likeness (QED) is 0.773. The van der Waals surface area contributed by atoms with E-state index in [0.717, 1.165) is 12.8 Å². The van der Waals surface area contributed by atoms with Gasteiger partial charge in [0.05, 0.1) is 16.4 Å². The first-order chi connectivity index (χ1) is 7.99. The lowest BCUT2D eigenvalue weighted by atomic mass is 9.95. The molecule has 0 aliphatic heterocycles. The number of hydrogen-bond acceptors (Lipinski definition) is 2. The van der Waals surface area contributed by atoms with Crippen LogP contribution in [0.3, 0.4) is 0 Å². The summed E-state index contributed by atoms with van der Waals surface area (Å²) in [4.78, 5) is 0. The van der Waals surface area contributed by atoms with Gasteiger partial charge in [-0.25, -0.2) is 4.39 Å². The minimum atomic E-state index is -0.444. The van der Waals surface area contributed by atoms with Crippen molar-refractivity contribution >= 4 is 23.0 Å². The predicted octanol–water partition coefficient (Wildman–Crippen LogP) is 4.30. The molecule has 0 saturated heterocycles. The van der Waals surface area contributed by atoms with Crippen molar-refractivity contribution in [2.45, 2.75) is 39.7 Å². The van der Waals surface area contributed by atoms with Crippen LogP contribution in [0.15, 0.2) is 12.1 Å². The number of nitrogens with one attached hydrogen (secondary N) is 1. The Morgan fingerprint density at radius 3 is 2.47 bits per heavy atom.